The summed E-state index contributed by atoms with van der Waals surface area (Å²) in [6.07, 6.45) is 3.65. The van der Waals surface area contributed by atoms with E-state index in [-0.39, 0.29) is 6.03 Å². The van der Waals surface area contributed by atoms with E-state index in [2.05, 4.69) is 22.7 Å². The molecule has 1 atom stereocenters. The van der Waals surface area contributed by atoms with Crippen LogP contribution in [0.5, 0.6) is 0 Å². The van der Waals surface area contributed by atoms with Gasteiger partial charge in [-0.2, -0.15) is 5.10 Å². The Morgan fingerprint density at radius 1 is 1.45 bits per heavy atom. The van der Waals surface area contributed by atoms with Gasteiger partial charge < -0.3 is 10.6 Å². The van der Waals surface area contributed by atoms with Gasteiger partial charge in [0, 0.05) is 36.2 Å². The number of carbonyl (C=O) groups is 1. The summed E-state index contributed by atoms with van der Waals surface area (Å²) in [5, 5.41) is 10.3. The van der Waals surface area contributed by atoms with E-state index in [1.807, 2.05) is 16.9 Å². The third-order valence-electron chi connectivity index (χ3n) is 2.75. The van der Waals surface area contributed by atoms with E-state index in [1.165, 1.54) is 0 Å². The molecular formula is C14H17ClN4O. The third kappa shape index (κ3) is 4.59. The maximum absolute atomic E-state index is 11.7. The van der Waals surface area contributed by atoms with Crippen molar-refractivity contribution in [1.29, 1.82) is 0 Å². The van der Waals surface area contributed by atoms with E-state index in [9.17, 15) is 4.79 Å². The van der Waals surface area contributed by atoms with Crippen LogP contribution < -0.4 is 10.6 Å². The molecule has 20 heavy (non-hydrogen) atoms. The number of anilines is 1. The minimum Gasteiger partial charge on any atom is -0.338 e. The molecule has 0 saturated heterocycles. The summed E-state index contributed by atoms with van der Waals surface area (Å²) in [6.45, 7) is 3.40. The molecule has 0 fully saturated rings. The number of carbonyl (C=O) groups excluding carboxylic acids is 1. The first kappa shape index (κ1) is 14.4. The highest BCUT2D eigenvalue weighted by Gasteiger charge is 2.07. The second-order valence-corrected chi connectivity index (χ2v) is 5.12. The van der Waals surface area contributed by atoms with Crippen LogP contribution in [0.2, 0.25) is 5.02 Å². The van der Waals surface area contributed by atoms with E-state index in [1.54, 1.807) is 30.5 Å². The second-order valence-electron chi connectivity index (χ2n) is 4.68. The average Bonchev–Trinajstić information content (AvgIpc) is 2.89. The van der Waals surface area contributed by atoms with Crippen molar-refractivity contribution in [2.45, 2.75) is 13.5 Å². The zero-order valence-corrected chi connectivity index (χ0v) is 12.0. The van der Waals surface area contributed by atoms with Gasteiger partial charge in [0.1, 0.15) is 0 Å². The molecule has 2 N–H and O–H groups in total. The summed E-state index contributed by atoms with van der Waals surface area (Å²) < 4.78 is 1.85. The highest BCUT2D eigenvalue weighted by atomic mass is 35.5. The summed E-state index contributed by atoms with van der Waals surface area (Å²) in [4.78, 5) is 11.7. The third-order valence-corrected chi connectivity index (χ3v) is 2.99. The van der Waals surface area contributed by atoms with Crippen molar-refractivity contribution in [2.75, 3.05) is 11.9 Å². The van der Waals surface area contributed by atoms with Gasteiger partial charge in [-0.1, -0.05) is 24.6 Å². The summed E-state index contributed by atoms with van der Waals surface area (Å²) in [6, 6.07) is 8.69. The minimum atomic E-state index is -0.236. The van der Waals surface area contributed by atoms with Crippen molar-refractivity contribution in [3.05, 3.63) is 47.7 Å². The maximum Gasteiger partial charge on any atom is 0.319 e. The lowest BCUT2D eigenvalue weighted by molar-refractivity contribution is 0.249. The molecule has 0 saturated carbocycles. The van der Waals surface area contributed by atoms with E-state index < -0.39 is 0 Å². The van der Waals surface area contributed by atoms with Gasteiger partial charge in [0.15, 0.2) is 0 Å². The molecule has 0 aliphatic carbocycles. The van der Waals surface area contributed by atoms with Gasteiger partial charge in [-0.05, 0) is 30.2 Å². The van der Waals surface area contributed by atoms with E-state index >= 15 is 0 Å². The highest BCUT2D eigenvalue weighted by molar-refractivity contribution is 6.30. The van der Waals surface area contributed by atoms with Crippen LogP contribution in [-0.2, 0) is 6.54 Å². The molecule has 6 heteroatoms. The number of amides is 2. The quantitative estimate of drug-likeness (QED) is 0.890. The lowest BCUT2D eigenvalue weighted by atomic mass is 10.2. The zero-order chi connectivity index (χ0) is 14.4. The van der Waals surface area contributed by atoms with Crippen LogP contribution in [-0.4, -0.2) is 22.4 Å². The summed E-state index contributed by atoms with van der Waals surface area (Å²) >= 11 is 5.85. The normalized spacial score (nSPS) is 11.9. The van der Waals surface area contributed by atoms with E-state index in [0.29, 0.717) is 23.2 Å². The molecule has 0 aliphatic rings. The number of halogens is 1. The molecule has 0 radical (unpaired) electrons. The molecule has 2 rings (SSSR count). The van der Waals surface area contributed by atoms with Crippen LogP contribution in [0.3, 0.4) is 0 Å². The number of nitrogens with zero attached hydrogens (tertiary/aromatic N) is 2. The topological polar surface area (TPSA) is 59.0 Å². The fraction of sp³-hybridized carbons (Fsp3) is 0.286. The fourth-order valence-corrected chi connectivity index (χ4v) is 1.99. The van der Waals surface area contributed by atoms with Crippen LogP contribution in [0.1, 0.15) is 6.92 Å². The Hall–Kier alpha value is -2.01. The molecule has 2 amide bonds. The Balaban J connectivity index is 1.74. The van der Waals surface area contributed by atoms with Crippen LogP contribution >= 0.6 is 11.6 Å². The number of aromatic nitrogens is 2. The highest BCUT2D eigenvalue weighted by Crippen LogP contribution is 2.14. The summed E-state index contributed by atoms with van der Waals surface area (Å²) in [5.41, 5.74) is 0.676. The predicted octanol–water partition coefficient (Wildman–Crippen LogP) is 2.99. The monoisotopic (exact) mass is 292 g/mol. The lowest BCUT2D eigenvalue weighted by Gasteiger charge is -2.13. The van der Waals surface area contributed by atoms with Gasteiger partial charge in [0.05, 0.1) is 0 Å². The standard InChI is InChI=1S/C14H17ClN4O/c1-11(10-19-7-3-6-17-19)9-16-14(20)18-13-5-2-4-12(15)8-13/h2-8,11H,9-10H2,1H3,(H2,16,18,20). The van der Waals surface area contributed by atoms with Gasteiger partial charge in [-0.15, -0.1) is 0 Å². The smallest absolute Gasteiger partial charge is 0.319 e. The largest absolute Gasteiger partial charge is 0.338 e. The van der Waals surface area contributed by atoms with Crippen molar-refractivity contribution >= 4 is 23.3 Å². The fourth-order valence-electron chi connectivity index (χ4n) is 1.80. The number of benzene rings is 1. The number of urea groups is 1. The average molecular weight is 293 g/mol. The van der Waals surface area contributed by atoms with Gasteiger partial charge in [-0.25, -0.2) is 4.79 Å². The van der Waals surface area contributed by atoms with Gasteiger partial charge in [0.25, 0.3) is 0 Å². The molecule has 0 aliphatic heterocycles. The molecule has 5 nitrogen and oxygen atoms in total. The van der Waals surface area contributed by atoms with Gasteiger partial charge in [0.2, 0.25) is 0 Å². The van der Waals surface area contributed by atoms with E-state index in [0.717, 1.165) is 6.54 Å². The Labute approximate surface area is 122 Å². The molecule has 2 aromatic rings. The molecule has 1 aromatic carbocycles. The number of nitrogens with one attached hydrogen (secondary N) is 2. The summed E-state index contributed by atoms with van der Waals surface area (Å²) in [5.74, 6) is 0.292. The molecule has 1 aromatic heterocycles. The first-order valence-corrected chi connectivity index (χ1v) is 6.79. The molecule has 0 spiro atoms. The van der Waals surface area contributed by atoms with Crippen LogP contribution in [0.4, 0.5) is 10.5 Å². The van der Waals surface area contributed by atoms with Crippen LogP contribution in [0, 0.1) is 5.92 Å². The van der Waals surface area contributed by atoms with Gasteiger partial charge >= 0.3 is 6.03 Å². The number of rotatable bonds is 5. The zero-order valence-electron chi connectivity index (χ0n) is 11.2. The summed E-state index contributed by atoms with van der Waals surface area (Å²) in [7, 11) is 0. The molecular weight excluding hydrogens is 276 g/mol. The first-order chi connectivity index (χ1) is 9.63. The Kier molecular flexibility index (Phi) is 5.01. The van der Waals surface area contributed by atoms with Crippen molar-refractivity contribution in [2.24, 2.45) is 5.92 Å². The SMILES string of the molecule is CC(CNC(=O)Nc1cccc(Cl)c1)Cn1cccn1. The van der Waals surface area contributed by atoms with Crippen molar-refractivity contribution < 1.29 is 4.79 Å². The first-order valence-electron chi connectivity index (χ1n) is 6.41. The minimum absolute atomic E-state index is 0.236. The maximum atomic E-state index is 11.7. The number of hydrogen-bond acceptors (Lipinski definition) is 2. The second kappa shape index (κ2) is 6.96. The Morgan fingerprint density at radius 2 is 2.30 bits per heavy atom. The van der Waals surface area contributed by atoms with Gasteiger partial charge in [-0.3, -0.25) is 4.68 Å². The molecule has 106 valence electrons. The predicted molar refractivity (Wildman–Crippen MR) is 79.9 cm³/mol. The van der Waals surface area contributed by atoms with E-state index in [4.69, 9.17) is 11.6 Å². The number of hydrogen-bond donors (Lipinski definition) is 2. The lowest BCUT2D eigenvalue weighted by Crippen LogP contribution is -2.33. The Bertz CT molecular complexity index is 556. The van der Waals surface area contributed by atoms with Crippen molar-refractivity contribution in [3.8, 4) is 0 Å². The molecule has 1 heterocycles. The van der Waals surface area contributed by atoms with Crippen molar-refractivity contribution in [3.63, 3.8) is 0 Å². The molecule has 1 unspecified atom stereocenters. The molecule has 0 bridgehead atoms. The van der Waals surface area contributed by atoms with Crippen LogP contribution in [0.15, 0.2) is 42.7 Å². The van der Waals surface area contributed by atoms with Crippen LogP contribution in [0.25, 0.3) is 0 Å². The van der Waals surface area contributed by atoms with Crippen molar-refractivity contribution in [1.82, 2.24) is 15.1 Å². The Morgan fingerprint density at radius 3 is 3.00 bits per heavy atom.